The summed E-state index contributed by atoms with van der Waals surface area (Å²) in [5.41, 5.74) is 3.71. The molecular weight excluding hydrogens is 438 g/mol. The third-order valence-corrected chi connectivity index (χ3v) is 8.20. The van der Waals surface area contributed by atoms with E-state index < -0.39 is 0 Å². The molecule has 0 aromatic heterocycles. The highest BCUT2D eigenvalue weighted by atomic mass is 16.5. The summed E-state index contributed by atoms with van der Waals surface area (Å²) in [5, 5.41) is 3.78. The zero-order chi connectivity index (χ0) is 24.2. The van der Waals surface area contributed by atoms with Crippen molar-refractivity contribution in [3.8, 4) is 11.5 Å². The Morgan fingerprint density at radius 1 is 0.914 bits per heavy atom. The molecule has 2 heterocycles. The number of Topliss-reactive ketones (excluding diaryl/α,β-unsaturated/α-hetero) is 1. The molecule has 2 aliphatic heterocycles. The third kappa shape index (κ3) is 5.13. The van der Waals surface area contributed by atoms with Crippen LogP contribution in [0.3, 0.4) is 0 Å². The molecule has 0 spiro atoms. The number of para-hydroxylation sites is 1. The average Bonchev–Trinajstić information content (AvgIpc) is 2.93. The minimum atomic E-state index is -0.0565. The van der Waals surface area contributed by atoms with Crippen molar-refractivity contribution in [2.75, 3.05) is 50.6 Å². The maximum atomic E-state index is 14.0. The highest BCUT2D eigenvalue weighted by Crippen LogP contribution is 2.34. The first kappa shape index (κ1) is 24.0. The minimum absolute atomic E-state index is 0.0565. The number of carbonyl (C=O) groups excluding carboxylic acids is 1. The van der Waals surface area contributed by atoms with E-state index in [1.165, 1.54) is 30.5 Å². The molecule has 0 radical (unpaired) electrons. The largest absolute Gasteiger partial charge is 0.493 e. The fourth-order valence-corrected chi connectivity index (χ4v) is 6.24. The molecule has 188 valence electrons. The van der Waals surface area contributed by atoms with Crippen molar-refractivity contribution < 1.29 is 14.3 Å². The van der Waals surface area contributed by atoms with Crippen molar-refractivity contribution in [2.45, 2.75) is 57.0 Å². The van der Waals surface area contributed by atoms with Gasteiger partial charge in [-0.3, -0.25) is 9.69 Å². The molecule has 6 heteroatoms. The lowest BCUT2D eigenvalue weighted by atomic mass is 9.80. The quantitative estimate of drug-likeness (QED) is 0.620. The molecule has 35 heavy (non-hydrogen) atoms. The molecule has 2 aromatic carbocycles. The maximum Gasteiger partial charge on any atom is 0.162 e. The normalized spacial score (nSPS) is 22.1. The number of ether oxygens (including phenoxy) is 2. The van der Waals surface area contributed by atoms with Gasteiger partial charge in [-0.15, -0.1) is 0 Å². The van der Waals surface area contributed by atoms with Gasteiger partial charge in [0.1, 0.15) is 0 Å². The second-order valence-electron chi connectivity index (χ2n) is 10.2. The van der Waals surface area contributed by atoms with Crippen molar-refractivity contribution in [1.29, 1.82) is 0 Å². The Morgan fingerprint density at radius 3 is 2.40 bits per heavy atom. The van der Waals surface area contributed by atoms with Crippen LogP contribution in [0.5, 0.6) is 11.5 Å². The summed E-state index contributed by atoms with van der Waals surface area (Å²) in [6.45, 7) is 3.56. The van der Waals surface area contributed by atoms with Crippen LogP contribution in [-0.2, 0) is 11.2 Å². The molecule has 6 nitrogen and oxygen atoms in total. The summed E-state index contributed by atoms with van der Waals surface area (Å²) >= 11 is 0. The molecule has 1 saturated heterocycles. The molecule has 0 bridgehead atoms. The van der Waals surface area contributed by atoms with Crippen molar-refractivity contribution in [3.63, 3.8) is 0 Å². The van der Waals surface area contributed by atoms with Crippen LogP contribution in [0.25, 0.3) is 0 Å². The van der Waals surface area contributed by atoms with Gasteiger partial charge in [0.25, 0.3) is 0 Å². The van der Waals surface area contributed by atoms with Crippen molar-refractivity contribution in [1.82, 2.24) is 4.90 Å². The van der Waals surface area contributed by atoms with Crippen molar-refractivity contribution in [2.24, 2.45) is 5.92 Å². The number of rotatable bonds is 7. The number of methoxy groups -OCH3 is 2. The third-order valence-electron chi connectivity index (χ3n) is 8.20. The first-order valence-electron chi connectivity index (χ1n) is 13.3. The Hall–Kier alpha value is -2.73. The van der Waals surface area contributed by atoms with E-state index in [-0.39, 0.29) is 18.0 Å². The first-order chi connectivity index (χ1) is 17.2. The molecule has 5 rings (SSSR count). The van der Waals surface area contributed by atoms with Gasteiger partial charge in [-0.1, -0.05) is 37.5 Å². The van der Waals surface area contributed by atoms with Gasteiger partial charge in [-0.2, -0.15) is 0 Å². The maximum absolute atomic E-state index is 14.0. The number of fused-ring (bicyclic) bond motifs is 1. The molecule has 1 aliphatic carbocycles. The number of anilines is 2. The number of carbonyl (C=O) groups is 1. The average molecular weight is 478 g/mol. The Morgan fingerprint density at radius 2 is 1.66 bits per heavy atom. The summed E-state index contributed by atoms with van der Waals surface area (Å²) in [7, 11) is 3.34. The van der Waals surface area contributed by atoms with E-state index in [2.05, 4.69) is 51.5 Å². The van der Waals surface area contributed by atoms with E-state index in [4.69, 9.17) is 9.47 Å². The van der Waals surface area contributed by atoms with Crippen LogP contribution in [0.2, 0.25) is 0 Å². The Kier molecular flexibility index (Phi) is 7.47. The smallest absolute Gasteiger partial charge is 0.162 e. The Labute approximate surface area is 209 Å². The molecule has 1 N–H and O–H groups in total. The van der Waals surface area contributed by atoms with Gasteiger partial charge in [-0.05, 0) is 49.4 Å². The van der Waals surface area contributed by atoms with Crippen LogP contribution in [-0.4, -0.2) is 63.2 Å². The lowest BCUT2D eigenvalue weighted by Gasteiger charge is -2.45. The number of hydrogen-bond donors (Lipinski definition) is 1. The van der Waals surface area contributed by atoms with Crippen LogP contribution in [0.15, 0.2) is 42.5 Å². The molecule has 1 saturated carbocycles. The lowest BCUT2D eigenvalue weighted by molar-refractivity contribution is -0.130. The number of nitrogens with one attached hydrogen (secondary N) is 1. The van der Waals surface area contributed by atoms with Crippen LogP contribution in [0, 0.1) is 5.92 Å². The highest BCUT2D eigenvalue weighted by Gasteiger charge is 2.40. The van der Waals surface area contributed by atoms with Gasteiger partial charge in [0.15, 0.2) is 17.3 Å². The minimum Gasteiger partial charge on any atom is -0.493 e. The molecule has 2 fully saturated rings. The summed E-state index contributed by atoms with van der Waals surface area (Å²) < 4.78 is 10.9. The van der Waals surface area contributed by atoms with Gasteiger partial charge >= 0.3 is 0 Å². The van der Waals surface area contributed by atoms with E-state index in [0.717, 1.165) is 69.0 Å². The number of hydrogen-bond acceptors (Lipinski definition) is 6. The van der Waals surface area contributed by atoms with E-state index >= 15 is 0 Å². The van der Waals surface area contributed by atoms with E-state index in [1.54, 1.807) is 14.2 Å². The number of piperazine rings is 1. The fraction of sp³-hybridized carbons (Fsp3) is 0.552. The number of aryl methyl sites for hydroxylation is 1. The van der Waals surface area contributed by atoms with Gasteiger partial charge in [0, 0.05) is 55.6 Å². The molecule has 0 amide bonds. The van der Waals surface area contributed by atoms with Crippen molar-refractivity contribution >= 4 is 17.2 Å². The predicted molar refractivity (Wildman–Crippen MR) is 141 cm³/mol. The zero-order valence-electron chi connectivity index (χ0n) is 21.2. The van der Waals surface area contributed by atoms with E-state index in [9.17, 15) is 4.79 Å². The van der Waals surface area contributed by atoms with Crippen LogP contribution >= 0.6 is 0 Å². The van der Waals surface area contributed by atoms with Gasteiger partial charge in [0.05, 0.1) is 20.3 Å². The zero-order valence-corrected chi connectivity index (χ0v) is 21.2. The molecule has 3 aliphatic rings. The Bertz CT molecular complexity index is 1010. The highest BCUT2D eigenvalue weighted by molar-refractivity contribution is 5.88. The predicted octanol–water partition coefficient (Wildman–Crippen LogP) is 4.77. The number of ketones is 1. The standard InChI is InChI=1S/C29H39N3O3/c1-34-26-15-13-23(20-27(26)35-2)31-16-18-32(19-17-31)28(29(33)22-9-4-3-5-10-22)25-14-12-21-8-6-7-11-24(21)30-25/h6-8,11,13,15,20,22,25,28,30H,3-5,9-10,12,14,16-19H2,1-2H3. The first-order valence-corrected chi connectivity index (χ1v) is 13.3. The summed E-state index contributed by atoms with van der Waals surface area (Å²) in [6, 6.07) is 14.8. The van der Waals surface area contributed by atoms with Crippen LogP contribution in [0.4, 0.5) is 11.4 Å². The molecular formula is C29H39N3O3. The Balaban J connectivity index is 1.32. The van der Waals surface area contributed by atoms with E-state index in [0.29, 0.717) is 5.78 Å². The summed E-state index contributed by atoms with van der Waals surface area (Å²) in [6.07, 6.45) is 7.82. The topological polar surface area (TPSA) is 54.0 Å². The monoisotopic (exact) mass is 477 g/mol. The fourth-order valence-electron chi connectivity index (χ4n) is 6.24. The van der Waals surface area contributed by atoms with Gasteiger partial charge in [-0.25, -0.2) is 0 Å². The lowest BCUT2D eigenvalue weighted by Crippen LogP contribution is -2.60. The second kappa shape index (κ2) is 10.9. The van der Waals surface area contributed by atoms with Gasteiger partial charge < -0.3 is 19.7 Å². The molecule has 2 atom stereocenters. The molecule has 2 unspecified atom stereocenters. The van der Waals surface area contributed by atoms with Crippen LogP contribution < -0.4 is 19.7 Å². The SMILES string of the molecule is COc1ccc(N2CCN(C(C(=O)C3CCCCC3)C3CCc4ccccc4N3)CC2)cc1OC. The summed E-state index contributed by atoms with van der Waals surface area (Å²) in [5.74, 6) is 2.19. The number of nitrogens with zero attached hydrogens (tertiary/aromatic N) is 2. The van der Waals surface area contributed by atoms with Crippen molar-refractivity contribution in [3.05, 3.63) is 48.0 Å². The van der Waals surface area contributed by atoms with Gasteiger partial charge in [0.2, 0.25) is 0 Å². The second-order valence-corrected chi connectivity index (χ2v) is 10.2. The van der Waals surface area contributed by atoms with E-state index in [1.807, 2.05) is 6.07 Å². The summed E-state index contributed by atoms with van der Waals surface area (Å²) in [4.78, 5) is 18.9. The van der Waals surface area contributed by atoms with Crippen LogP contribution in [0.1, 0.15) is 44.1 Å². The number of benzene rings is 2. The molecule has 2 aromatic rings.